The fraction of sp³-hybridized carbons (Fsp3) is 0.533. The summed E-state index contributed by atoms with van der Waals surface area (Å²) in [5, 5.41) is 2.92. The number of hydrogen-bond donors (Lipinski definition) is 1. The molecule has 0 aromatic heterocycles. The minimum Gasteiger partial charge on any atom is -0.352 e. The number of nitrogens with zero attached hydrogens (tertiary/aromatic N) is 1. The second kappa shape index (κ2) is 8.70. The zero-order valence-electron chi connectivity index (χ0n) is 11.4. The molecule has 0 atom stereocenters. The van der Waals surface area contributed by atoms with Crippen LogP contribution in [0.5, 0.6) is 0 Å². The lowest BCUT2D eigenvalue weighted by atomic mass is 10.2. The smallest absolute Gasteiger partial charge is 0.251 e. The Kier molecular flexibility index (Phi) is 7.11. The Morgan fingerprint density at radius 1 is 1.22 bits per heavy atom. The van der Waals surface area contributed by atoms with Gasteiger partial charge in [0.15, 0.2) is 0 Å². The van der Waals surface area contributed by atoms with Crippen molar-refractivity contribution in [1.82, 2.24) is 10.2 Å². The number of nitrogens with one attached hydrogen (secondary N) is 1. The predicted octanol–water partition coefficient (Wildman–Crippen LogP) is 2.34. The van der Waals surface area contributed by atoms with E-state index < -0.39 is 0 Å². The van der Waals surface area contributed by atoms with Gasteiger partial charge in [0, 0.05) is 12.1 Å². The van der Waals surface area contributed by atoms with E-state index in [1.165, 1.54) is 19.3 Å². The maximum atomic E-state index is 11.7. The number of carbonyl (C=O) groups excluding carboxylic acids is 1. The molecule has 0 saturated carbocycles. The Hall–Kier alpha value is -1.35. The topological polar surface area (TPSA) is 32.3 Å². The summed E-state index contributed by atoms with van der Waals surface area (Å²) in [5.74, 6) is -0.0242. The molecule has 0 heterocycles. The summed E-state index contributed by atoms with van der Waals surface area (Å²) in [7, 11) is 4.19. The first-order valence-electron chi connectivity index (χ1n) is 6.60. The Labute approximate surface area is 110 Å². The van der Waals surface area contributed by atoms with E-state index >= 15 is 0 Å². The van der Waals surface area contributed by atoms with Crippen molar-refractivity contribution in [3.8, 4) is 0 Å². The van der Waals surface area contributed by atoms with Crippen molar-refractivity contribution >= 4 is 5.91 Å². The lowest BCUT2D eigenvalue weighted by Gasteiger charge is -2.08. The maximum Gasteiger partial charge on any atom is 0.251 e. The molecule has 3 heteroatoms. The van der Waals surface area contributed by atoms with Crippen LogP contribution in [0.4, 0.5) is 0 Å². The molecule has 1 N–H and O–H groups in total. The predicted molar refractivity (Wildman–Crippen MR) is 74.6 cm³/mol. The molecule has 0 saturated heterocycles. The van der Waals surface area contributed by atoms with Crippen molar-refractivity contribution in [3.63, 3.8) is 0 Å². The minimum absolute atomic E-state index is 0.0242. The first-order valence-corrected chi connectivity index (χ1v) is 6.60. The summed E-state index contributed by atoms with van der Waals surface area (Å²) in [6.45, 7) is 1.90. The number of benzene rings is 1. The highest BCUT2D eigenvalue weighted by Crippen LogP contribution is 2.01. The SMILES string of the molecule is CN(C)CCCCCCNC(=O)c1[c]cccc1. The van der Waals surface area contributed by atoms with Crippen LogP contribution >= 0.6 is 0 Å². The summed E-state index contributed by atoms with van der Waals surface area (Å²) in [6, 6.07) is 10.2. The molecule has 0 unspecified atom stereocenters. The molecule has 1 amide bonds. The van der Waals surface area contributed by atoms with Crippen LogP contribution in [-0.4, -0.2) is 38.0 Å². The number of amides is 1. The fourth-order valence-electron chi connectivity index (χ4n) is 1.74. The Balaban J connectivity index is 2.03. The van der Waals surface area contributed by atoms with Gasteiger partial charge in [0.2, 0.25) is 0 Å². The highest BCUT2D eigenvalue weighted by molar-refractivity contribution is 5.93. The quantitative estimate of drug-likeness (QED) is 0.715. The fourth-order valence-corrected chi connectivity index (χ4v) is 1.74. The van der Waals surface area contributed by atoms with Crippen molar-refractivity contribution in [2.45, 2.75) is 25.7 Å². The molecule has 1 aromatic carbocycles. The highest BCUT2D eigenvalue weighted by atomic mass is 16.1. The van der Waals surface area contributed by atoms with Crippen LogP contribution in [0.25, 0.3) is 0 Å². The van der Waals surface area contributed by atoms with E-state index in [9.17, 15) is 4.79 Å². The van der Waals surface area contributed by atoms with Gasteiger partial charge in [0.25, 0.3) is 5.91 Å². The number of carbonyl (C=O) groups is 1. The zero-order chi connectivity index (χ0) is 13.2. The monoisotopic (exact) mass is 247 g/mol. The lowest BCUT2D eigenvalue weighted by molar-refractivity contribution is 0.0952. The number of unbranched alkanes of at least 4 members (excludes halogenated alkanes) is 3. The molecule has 0 aliphatic carbocycles. The number of rotatable bonds is 8. The molecule has 0 aliphatic heterocycles. The average molecular weight is 247 g/mol. The van der Waals surface area contributed by atoms with Gasteiger partial charge < -0.3 is 10.2 Å². The first kappa shape index (κ1) is 14.7. The van der Waals surface area contributed by atoms with Crippen molar-refractivity contribution in [3.05, 3.63) is 35.9 Å². The van der Waals surface area contributed by atoms with Gasteiger partial charge in [0.1, 0.15) is 0 Å². The zero-order valence-corrected chi connectivity index (χ0v) is 11.4. The number of hydrogen-bond acceptors (Lipinski definition) is 2. The van der Waals surface area contributed by atoms with Crippen molar-refractivity contribution in [1.29, 1.82) is 0 Å². The van der Waals surface area contributed by atoms with E-state index in [4.69, 9.17) is 0 Å². The Bertz CT molecular complexity index is 336. The van der Waals surface area contributed by atoms with Crippen LogP contribution < -0.4 is 5.32 Å². The van der Waals surface area contributed by atoms with Crippen LogP contribution in [0.2, 0.25) is 0 Å². The molecule has 1 aromatic rings. The molecule has 99 valence electrons. The standard InChI is InChI=1S/C15H23N2O/c1-17(2)13-9-4-3-8-12-16-15(18)14-10-6-5-7-11-14/h5-7,10H,3-4,8-9,12-13H2,1-2H3,(H,16,18). The van der Waals surface area contributed by atoms with Crippen molar-refractivity contribution in [2.75, 3.05) is 27.2 Å². The summed E-state index contributed by atoms with van der Waals surface area (Å²) < 4.78 is 0. The molecule has 0 aliphatic rings. The lowest BCUT2D eigenvalue weighted by Crippen LogP contribution is -2.24. The second-order valence-electron chi connectivity index (χ2n) is 4.75. The van der Waals surface area contributed by atoms with E-state index in [2.05, 4.69) is 30.4 Å². The Morgan fingerprint density at radius 2 is 2.00 bits per heavy atom. The Morgan fingerprint density at radius 3 is 2.67 bits per heavy atom. The molecule has 1 rings (SSSR count). The minimum atomic E-state index is -0.0242. The van der Waals surface area contributed by atoms with Crippen LogP contribution in [0, 0.1) is 6.07 Å². The molecular formula is C15H23N2O. The molecule has 0 fully saturated rings. The molecule has 18 heavy (non-hydrogen) atoms. The van der Waals surface area contributed by atoms with Gasteiger partial charge in [-0.2, -0.15) is 0 Å². The van der Waals surface area contributed by atoms with Crippen LogP contribution in [-0.2, 0) is 0 Å². The third-order valence-electron chi connectivity index (χ3n) is 2.77. The highest BCUT2D eigenvalue weighted by Gasteiger charge is 2.02. The van der Waals surface area contributed by atoms with E-state index in [-0.39, 0.29) is 5.91 Å². The largest absolute Gasteiger partial charge is 0.352 e. The molecule has 0 spiro atoms. The van der Waals surface area contributed by atoms with Crippen LogP contribution in [0.1, 0.15) is 36.0 Å². The molecule has 3 nitrogen and oxygen atoms in total. The van der Waals surface area contributed by atoms with Gasteiger partial charge in [-0.05, 0) is 45.6 Å². The third kappa shape index (κ3) is 6.40. The van der Waals surface area contributed by atoms with Crippen LogP contribution in [0.3, 0.4) is 0 Å². The molecule has 1 radical (unpaired) electrons. The van der Waals surface area contributed by atoms with Crippen molar-refractivity contribution in [2.24, 2.45) is 0 Å². The summed E-state index contributed by atoms with van der Waals surface area (Å²) in [5.41, 5.74) is 0.616. The van der Waals surface area contributed by atoms with Gasteiger partial charge in [-0.15, -0.1) is 0 Å². The maximum absolute atomic E-state index is 11.7. The summed E-state index contributed by atoms with van der Waals surface area (Å²) in [6.07, 6.45) is 4.68. The first-order chi connectivity index (χ1) is 8.70. The van der Waals surface area contributed by atoms with Gasteiger partial charge >= 0.3 is 0 Å². The van der Waals surface area contributed by atoms with E-state index in [0.717, 1.165) is 19.5 Å². The van der Waals surface area contributed by atoms with E-state index in [1.54, 1.807) is 12.1 Å². The summed E-state index contributed by atoms with van der Waals surface area (Å²) >= 11 is 0. The van der Waals surface area contributed by atoms with E-state index in [0.29, 0.717) is 5.56 Å². The third-order valence-corrected chi connectivity index (χ3v) is 2.77. The normalized spacial score (nSPS) is 10.6. The molecule has 0 bridgehead atoms. The molecular weight excluding hydrogens is 224 g/mol. The van der Waals surface area contributed by atoms with Gasteiger partial charge in [-0.25, -0.2) is 0 Å². The van der Waals surface area contributed by atoms with Crippen molar-refractivity contribution < 1.29 is 4.79 Å². The second-order valence-corrected chi connectivity index (χ2v) is 4.75. The van der Waals surface area contributed by atoms with Crippen LogP contribution in [0.15, 0.2) is 24.3 Å². The van der Waals surface area contributed by atoms with Gasteiger partial charge in [-0.1, -0.05) is 31.0 Å². The van der Waals surface area contributed by atoms with Gasteiger partial charge in [-0.3, -0.25) is 4.79 Å². The summed E-state index contributed by atoms with van der Waals surface area (Å²) in [4.78, 5) is 13.9. The average Bonchev–Trinajstić information content (AvgIpc) is 2.38. The van der Waals surface area contributed by atoms with Gasteiger partial charge in [0.05, 0.1) is 0 Å². The van der Waals surface area contributed by atoms with E-state index in [1.807, 2.05) is 12.1 Å².